The van der Waals surface area contributed by atoms with Crippen molar-refractivity contribution in [1.29, 1.82) is 0 Å². The van der Waals surface area contributed by atoms with E-state index >= 15 is 0 Å². The van der Waals surface area contributed by atoms with Crippen molar-refractivity contribution < 1.29 is 0 Å². The lowest BCUT2D eigenvalue weighted by molar-refractivity contribution is -0.0169. The van der Waals surface area contributed by atoms with E-state index < -0.39 is 0 Å². The van der Waals surface area contributed by atoms with Gasteiger partial charge in [-0.15, -0.1) is 11.3 Å². The first kappa shape index (κ1) is 12.2. The van der Waals surface area contributed by atoms with Gasteiger partial charge in [0.25, 0.3) is 0 Å². The van der Waals surface area contributed by atoms with Crippen molar-refractivity contribution in [2.24, 2.45) is 5.41 Å². The number of halogens is 1. The lowest BCUT2D eigenvalue weighted by Gasteiger charge is -2.50. The zero-order valence-electron chi connectivity index (χ0n) is 10.3. The molecule has 1 saturated carbocycles. The van der Waals surface area contributed by atoms with E-state index in [-0.39, 0.29) is 0 Å². The second-order valence-electron chi connectivity index (χ2n) is 5.79. The minimum Gasteiger partial charge on any atom is -0.297 e. The van der Waals surface area contributed by atoms with Crippen LogP contribution in [-0.4, -0.2) is 18.0 Å². The molecule has 1 aliphatic heterocycles. The molecule has 17 heavy (non-hydrogen) atoms. The highest BCUT2D eigenvalue weighted by Crippen LogP contribution is 2.43. The smallest absolute Gasteiger partial charge is 0.0328 e. The molecule has 0 aromatic carbocycles. The monoisotopic (exact) mass is 313 g/mol. The molecule has 1 aromatic heterocycles. The lowest BCUT2D eigenvalue weighted by Crippen LogP contribution is -2.55. The van der Waals surface area contributed by atoms with Gasteiger partial charge in [0.15, 0.2) is 0 Å². The molecule has 0 N–H and O–H groups in total. The summed E-state index contributed by atoms with van der Waals surface area (Å²) < 4.78 is 1.24. The van der Waals surface area contributed by atoms with Crippen molar-refractivity contribution in [3.8, 4) is 0 Å². The van der Waals surface area contributed by atoms with Crippen molar-refractivity contribution in [2.45, 2.75) is 45.1 Å². The molecule has 3 rings (SSSR count). The zero-order chi connectivity index (χ0) is 11.7. The summed E-state index contributed by atoms with van der Waals surface area (Å²) in [5, 5.41) is 2.19. The van der Waals surface area contributed by atoms with E-state index in [2.05, 4.69) is 32.3 Å². The molecule has 0 bridgehead atoms. The highest BCUT2D eigenvalue weighted by molar-refractivity contribution is 9.10. The summed E-state index contributed by atoms with van der Waals surface area (Å²) in [6.45, 7) is 3.86. The van der Waals surface area contributed by atoms with Gasteiger partial charge in [-0.1, -0.05) is 25.7 Å². The molecule has 1 aromatic rings. The molecule has 2 fully saturated rings. The minimum absolute atomic E-state index is 0.713. The van der Waals surface area contributed by atoms with Crippen LogP contribution in [0, 0.1) is 5.41 Å². The van der Waals surface area contributed by atoms with Gasteiger partial charge in [-0.25, -0.2) is 0 Å². The number of hydrogen-bond acceptors (Lipinski definition) is 2. The van der Waals surface area contributed by atoms with E-state index in [1.165, 1.54) is 61.0 Å². The van der Waals surface area contributed by atoms with Crippen molar-refractivity contribution in [3.63, 3.8) is 0 Å². The predicted octanol–water partition coefficient (Wildman–Crippen LogP) is 4.67. The summed E-state index contributed by atoms with van der Waals surface area (Å²) in [5.41, 5.74) is 0.713. The number of nitrogens with zero attached hydrogens (tertiary/aromatic N) is 1. The van der Waals surface area contributed by atoms with Crippen LogP contribution in [0.1, 0.15) is 43.4 Å². The van der Waals surface area contributed by atoms with Crippen LogP contribution >= 0.6 is 27.3 Å². The second kappa shape index (κ2) is 5.02. The molecule has 0 atom stereocenters. The van der Waals surface area contributed by atoms with E-state index in [9.17, 15) is 0 Å². The van der Waals surface area contributed by atoms with E-state index in [4.69, 9.17) is 0 Å². The fraction of sp³-hybridized carbons (Fsp3) is 0.714. The van der Waals surface area contributed by atoms with Crippen LogP contribution in [-0.2, 0) is 6.54 Å². The topological polar surface area (TPSA) is 3.24 Å². The Balaban J connectivity index is 1.53. The summed E-state index contributed by atoms with van der Waals surface area (Å²) in [5.74, 6) is 0. The molecule has 2 heterocycles. The molecule has 94 valence electrons. The first-order valence-corrected chi connectivity index (χ1v) is 8.38. The quantitative estimate of drug-likeness (QED) is 0.767. The standard InChI is InChI=1S/C14H20BrNS/c15-12-7-13(17-9-12)8-16-10-14(11-16)5-3-1-2-4-6-14/h7,9H,1-6,8,10-11H2. The first-order valence-electron chi connectivity index (χ1n) is 6.71. The summed E-state index contributed by atoms with van der Waals surface area (Å²) in [4.78, 5) is 4.13. The molecule has 2 aliphatic rings. The number of thiophene rings is 1. The molecule has 3 heteroatoms. The fourth-order valence-electron chi connectivity index (χ4n) is 3.47. The molecular weight excluding hydrogens is 294 g/mol. The van der Waals surface area contributed by atoms with Gasteiger partial charge in [0.2, 0.25) is 0 Å². The van der Waals surface area contributed by atoms with Gasteiger partial charge in [0.05, 0.1) is 0 Å². The first-order chi connectivity index (χ1) is 8.26. The minimum atomic E-state index is 0.713. The number of likely N-dealkylation sites (tertiary alicyclic amines) is 1. The fourth-order valence-corrected chi connectivity index (χ4v) is 4.96. The van der Waals surface area contributed by atoms with Crippen molar-refractivity contribution in [1.82, 2.24) is 4.90 Å². The maximum absolute atomic E-state index is 3.53. The molecule has 1 nitrogen and oxygen atoms in total. The van der Waals surface area contributed by atoms with E-state index in [0.717, 1.165) is 6.54 Å². The van der Waals surface area contributed by atoms with Gasteiger partial charge in [0.1, 0.15) is 0 Å². The average molecular weight is 314 g/mol. The van der Waals surface area contributed by atoms with Crippen LogP contribution in [0.5, 0.6) is 0 Å². The van der Waals surface area contributed by atoms with Crippen LogP contribution in [0.2, 0.25) is 0 Å². The van der Waals surface area contributed by atoms with Crippen LogP contribution < -0.4 is 0 Å². The van der Waals surface area contributed by atoms with Crippen molar-refractivity contribution >= 4 is 27.3 Å². The second-order valence-corrected chi connectivity index (χ2v) is 7.70. The van der Waals surface area contributed by atoms with Crippen LogP contribution in [0.15, 0.2) is 15.9 Å². The third kappa shape index (κ3) is 2.77. The molecule has 0 amide bonds. The highest BCUT2D eigenvalue weighted by Gasteiger charge is 2.42. The summed E-state index contributed by atoms with van der Waals surface area (Å²) in [6, 6.07) is 2.27. The van der Waals surface area contributed by atoms with Crippen LogP contribution in [0.4, 0.5) is 0 Å². The average Bonchev–Trinajstić information content (AvgIpc) is 2.51. The molecule has 0 unspecified atom stereocenters. The molecule has 1 spiro atoms. The SMILES string of the molecule is Brc1csc(CN2CC3(CCCCCC3)C2)c1. The van der Waals surface area contributed by atoms with E-state index in [0.29, 0.717) is 5.41 Å². The van der Waals surface area contributed by atoms with E-state index in [1.54, 1.807) is 0 Å². The maximum atomic E-state index is 3.53. The van der Waals surface area contributed by atoms with Gasteiger partial charge in [-0.2, -0.15) is 0 Å². The molecule has 1 aliphatic carbocycles. The Kier molecular flexibility index (Phi) is 3.60. The third-order valence-electron chi connectivity index (χ3n) is 4.28. The van der Waals surface area contributed by atoms with Gasteiger partial charge >= 0.3 is 0 Å². The molecule has 1 saturated heterocycles. The van der Waals surface area contributed by atoms with Gasteiger partial charge in [0, 0.05) is 34.4 Å². The molecule has 0 radical (unpaired) electrons. The van der Waals surface area contributed by atoms with E-state index in [1.807, 2.05) is 11.3 Å². The summed E-state index contributed by atoms with van der Waals surface area (Å²) >= 11 is 5.41. The Hall–Kier alpha value is 0.140. The summed E-state index contributed by atoms with van der Waals surface area (Å²) in [6.07, 6.45) is 8.85. The Morgan fingerprint density at radius 3 is 2.47 bits per heavy atom. The predicted molar refractivity (Wildman–Crippen MR) is 77.4 cm³/mol. The Bertz CT molecular complexity index is 371. The van der Waals surface area contributed by atoms with Crippen LogP contribution in [0.3, 0.4) is 0 Å². The normalized spacial score (nSPS) is 24.5. The maximum Gasteiger partial charge on any atom is 0.0328 e. The lowest BCUT2D eigenvalue weighted by atomic mass is 9.73. The highest BCUT2D eigenvalue weighted by atomic mass is 79.9. The largest absolute Gasteiger partial charge is 0.297 e. The molecular formula is C14H20BrNS. The van der Waals surface area contributed by atoms with Gasteiger partial charge in [-0.05, 0) is 40.3 Å². The van der Waals surface area contributed by atoms with Gasteiger partial charge in [-0.3, -0.25) is 4.90 Å². The summed E-state index contributed by atoms with van der Waals surface area (Å²) in [7, 11) is 0. The van der Waals surface area contributed by atoms with Crippen molar-refractivity contribution in [3.05, 3.63) is 20.8 Å². The number of rotatable bonds is 2. The zero-order valence-corrected chi connectivity index (χ0v) is 12.7. The Morgan fingerprint density at radius 2 is 1.88 bits per heavy atom. The Morgan fingerprint density at radius 1 is 1.18 bits per heavy atom. The third-order valence-corrected chi connectivity index (χ3v) is 5.97. The van der Waals surface area contributed by atoms with Crippen molar-refractivity contribution in [2.75, 3.05) is 13.1 Å². The number of hydrogen-bond donors (Lipinski definition) is 0. The Labute approximate surface area is 116 Å². The van der Waals surface area contributed by atoms with Gasteiger partial charge < -0.3 is 0 Å². The van der Waals surface area contributed by atoms with Crippen LogP contribution in [0.25, 0.3) is 0 Å².